The fraction of sp³-hybridized carbons (Fsp3) is 0.421. The van der Waals surface area contributed by atoms with E-state index in [-0.39, 0.29) is 30.2 Å². The number of nitrogens with zero attached hydrogens (tertiary/aromatic N) is 1. The number of carbonyl (C=O) groups excluding carboxylic acids is 2. The maximum absolute atomic E-state index is 12.3. The summed E-state index contributed by atoms with van der Waals surface area (Å²) in [5, 5.41) is 8.01. The van der Waals surface area contributed by atoms with Crippen LogP contribution in [0.4, 0.5) is 5.13 Å². The molecule has 1 atom stereocenters. The second-order valence-corrected chi connectivity index (χ2v) is 7.12. The van der Waals surface area contributed by atoms with Crippen LogP contribution in [-0.2, 0) is 16.0 Å². The van der Waals surface area contributed by atoms with Crippen molar-refractivity contribution in [2.24, 2.45) is 5.92 Å². The third-order valence-electron chi connectivity index (χ3n) is 3.69. The second kappa shape index (κ2) is 9.33. The number of hydrogen-bond donors (Lipinski definition) is 2. The van der Waals surface area contributed by atoms with Gasteiger partial charge < -0.3 is 15.4 Å². The SMILES string of the molecule is CCOc1cccc(C(C)NC(=O)Cc2csc(NC(=O)C(C)C)n2)c1. The first-order valence-corrected chi connectivity index (χ1v) is 9.54. The summed E-state index contributed by atoms with van der Waals surface area (Å²) >= 11 is 1.32. The van der Waals surface area contributed by atoms with Crippen molar-refractivity contribution >= 4 is 28.3 Å². The Morgan fingerprint density at radius 1 is 1.27 bits per heavy atom. The number of anilines is 1. The lowest BCUT2D eigenvalue weighted by Gasteiger charge is -2.15. The van der Waals surface area contributed by atoms with Crippen molar-refractivity contribution in [3.05, 3.63) is 40.9 Å². The van der Waals surface area contributed by atoms with E-state index in [1.165, 1.54) is 11.3 Å². The fourth-order valence-electron chi connectivity index (χ4n) is 2.28. The molecule has 26 heavy (non-hydrogen) atoms. The van der Waals surface area contributed by atoms with E-state index in [4.69, 9.17) is 4.74 Å². The Kier molecular flexibility index (Phi) is 7.15. The van der Waals surface area contributed by atoms with Gasteiger partial charge in [0.05, 0.1) is 24.8 Å². The Balaban J connectivity index is 1.91. The first kappa shape index (κ1) is 19.9. The average molecular weight is 375 g/mol. The number of carbonyl (C=O) groups is 2. The molecule has 0 spiro atoms. The Hall–Kier alpha value is -2.41. The molecule has 6 nitrogen and oxygen atoms in total. The van der Waals surface area contributed by atoms with Crippen LogP contribution in [0.3, 0.4) is 0 Å². The summed E-state index contributed by atoms with van der Waals surface area (Å²) in [6.45, 7) is 8.10. The summed E-state index contributed by atoms with van der Waals surface area (Å²) in [6, 6.07) is 7.55. The number of ether oxygens (including phenoxy) is 1. The van der Waals surface area contributed by atoms with Crippen molar-refractivity contribution in [3.63, 3.8) is 0 Å². The fourth-order valence-corrected chi connectivity index (χ4v) is 2.99. The topological polar surface area (TPSA) is 80.3 Å². The number of hydrogen-bond acceptors (Lipinski definition) is 5. The van der Waals surface area contributed by atoms with Gasteiger partial charge in [-0.2, -0.15) is 0 Å². The summed E-state index contributed by atoms with van der Waals surface area (Å²) in [5.74, 6) is 0.472. The quantitative estimate of drug-likeness (QED) is 0.739. The molecule has 140 valence electrons. The predicted molar refractivity (Wildman–Crippen MR) is 103 cm³/mol. The van der Waals surface area contributed by atoms with E-state index in [1.54, 1.807) is 5.38 Å². The van der Waals surface area contributed by atoms with Gasteiger partial charge in [-0.3, -0.25) is 9.59 Å². The molecule has 0 fully saturated rings. The van der Waals surface area contributed by atoms with Crippen molar-refractivity contribution in [2.75, 3.05) is 11.9 Å². The van der Waals surface area contributed by atoms with Crippen molar-refractivity contribution in [1.82, 2.24) is 10.3 Å². The highest BCUT2D eigenvalue weighted by Gasteiger charge is 2.14. The molecule has 0 aliphatic heterocycles. The van der Waals surface area contributed by atoms with Crippen LogP contribution in [0.1, 0.15) is 45.0 Å². The Morgan fingerprint density at radius 2 is 2.04 bits per heavy atom. The summed E-state index contributed by atoms with van der Waals surface area (Å²) in [5.41, 5.74) is 1.62. The van der Waals surface area contributed by atoms with Crippen molar-refractivity contribution in [1.29, 1.82) is 0 Å². The maximum atomic E-state index is 12.3. The van der Waals surface area contributed by atoms with Crippen LogP contribution in [0.25, 0.3) is 0 Å². The van der Waals surface area contributed by atoms with Crippen molar-refractivity contribution in [2.45, 2.75) is 40.2 Å². The Morgan fingerprint density at radius 3 is 2.73 bits per heavy atom. The molecule has 1 aromatic heterocycles. The number of amides is 2. The van der Waals surface area contributed by atoms with Gasteiger partial charge in [-0.05, 0) is 31.5 Å². The average Bonchev–Trinajstić information content (AvgIpc) is 3.02. The molecule has 2 amide bonds. The summed E-state index contributed by atoms with van der Waals surface area (Å²) in [6.07, 6.45) is 0.170. The van der Waals surface area contributed by atoms with Crippen LogP contribution in [-0.4, -0.2) is 23.4 Å². The van der Waals surface area contributed by atoms with Gasteiger partial charge in [0.1, 0.15) is 5.75 Å². The molecule has 0 aliphatic rings. The minimum absolute atomic E-state index is 0.0850. The predicted octanol–water partition coefficient (Wildman–Crippen LogP) is 3.56. The normalized spacial score (nSPS) is 11.9. The Bertz CT molecular complexity index is 758. The summed E-state index contributed by atoms with van der Waals surface area (Å²) in [7, 11) is 0. The summed E-state index contributed by atoms with van der Waals surface area (Å²) in [4.78, 5) is 28.3. The maximum Gasteiger partial charge on any atom is 0.228 e. The highest BCUT2D eigenvalue weighted by molar-refractivity contribution is 7.13. The number of thiazole rings is 1. The standard InChI is InChI=1S/C19H25N3O3S/c1-5-25-16-8-6-7-14(9-16)13(4)20-17(23)10-15-11-26-19(21-15)22-18(24)12(2)3/h6-9,11-13H,5,10H2,1-4H3,(H,20,23)(H,21,22,24). The van der Waals surface area contributed by atoms with Crippen LogP contribution in [0.15, 0.2) is 29.6 Å². The van der Waals surface area contributed by atoms with E-state index in [1.807, 2.05) is 52.0 Å². The molecule has 1 unspecified atom stereocenters. The van der Waals surface area contributed by atoms with Gasteiger partial charge in [0.2, 0.25) is 11.8 Å². The van der Waals surface area contributed by atoms with E-state index in [9.17, 15) is 9.59 Å². The molecule has 0 bridgehead atoms. The summed E-state index contributed by atoms with van der Waals surface area (Å²) < 4.78 is 5.49. The van der Waals surface area contributed by atoms with E-state index in [0.29, 0.717) is 17.4 Å². The number of benzene rings is 1. The highest BCUT2D eigenvalue weighted by atomic mass is 32.1. The van der Waals surface area contributed by atoms with Crippen LogP contribution in [0, 0.1) is 5.92 Å². The first-order chi connectivity index (χ1) is 12.4. The first-order valence-electron chi connectivity index (χ1n) is 8.66. The molecule has 0 saturated carbocycles. The minimum atomic E-state index is -0.137. The minimum Gasteiger partial charge on any atom is -0.494 e. The van der Waals surface area contributed by atoms with E-state index < -0.39 is 0 Å². The molecule has 0 aliphatic carbocycles. The van der Waals surface area contributed by atoms with Crippen LogP contribution >= 0.6 is 11.3 Å². The third kappa shape index (κ3) is 5.84. The van der Waals surface area contributed by atoms with Gasteiger partial charge in [0, 0.05) is 11.3 Å². The van der Waals surface area contributed by atoms with Crippen molar-refractivity contribution in [3.8, 4) is 5.75 Å². The van der Waals surface area contributed by atoms with Gasteiger partial charge in [-0.1, -0.05) is 26.0 Å². The molecule has 1 aromatic carbocycles. The van der Waals surface area contributed by atoms with Gasteiger partial charge in [-0.15, -0.1) is 11.3 Å². The number of nitrogens with one attached hydrogen (secondary N) is 2. The highest BCUT2D eigenvalue weighted by Crippen LogP contribution is 2.20. The van der Waals surface area contributed by atoms with Crippen LogP contribution in [0.5, 0.6) is 5.75 Å². The zero-order valence-electron chi connectivity index (χ0n) is 15.5. The Labute approximate surface area is 158 Å². The number of rotatable bonds is 8. The zero-order valence-corrected chi connectivity index (χ0v) is 16.4. The van der Waals surface area contributed by atoms with Gasteiger partial charge in [-0.25, -0.2) is 4.98 Å². The lowest BCUT2D eigenvalue weighted by atomic mass is 10.1. The largest absolute Gasteiger partial charge is 0.494 e. The van der Waals surface area contributed by atoms with Gasteiger partial charge in [0.15, 0.2) is 5.13 Å². The smallest absolute Gasteiger partial charge is 0.228 e. The molecule has 2 N–H and O–H groups in total. The van der Waals surface area contributed by atoms with E-state index in [2.05, 4.69) is 15.6 Å². The lowest BCUT2D eigenvalue weighted by molar-refractivity contribution is -0.121. The lowest BCUT2D eigenvalue weighted by Crippen LogP contribution is -2.28. The van der Waals surface area contributed by atoms with E-state index >= 15 is 0 Å². The molecule has 7 heteroatoms. The molecule has 0 radical (unpaired) electrons. The van der Waals surface area contributed by atoms with Crippen molar-refractivity contribution < 1.29 is 14.3 Å². The van der Waals surface area contributed by atoms with Crippen LogP contribution < -0.4 is 15.4 Å². The molecule has 0 saturated heterocycles. The monoisotopic (exact) mass is 375 g/mol. The number of aromatic nitrogens is 1. The third-order valence-corrected chi connectivity index (χ3v) is 4.50. The molecule has 1 heterocycles. The van der Waals surface area contributed by atoms with Gasteiger partial charge >= 0.3 is 0 Å². The van der Waals surface area contributed by atoms with Crippen LogP contribution in [0.2, 0.25) is 0 Å². The van der Waals surface area contributed by atoms with E-state index in [0.717, 1.165) is 11.3 Å². The molecular formula is C19H25N3O3S. The second-order valence-electron chi connectivity index (χ2n) is 6.26. The molecule has 2 rings (SSSR count). The molecular weight excluding hydrogens is 350 g/mol. The molecule has 2 aromatic rings. The van der Waals surface area contributed by atoms with Gasteiger partial charge in [0.25, 0.3) is 0 Å². The zero-order chi connectivity index (χ0) is 19.1.